The third kappa shape index (κ3) is 4.52. The smallest absolute Gasteiger partial charge is 0.333 e. The van der Waals surface area contributed by atoms with Crippen molar-refractivity contribution in [2.75, 3.05) is 5.75 Å². The number of hydrogen-bond donors (Lipinski definition) is 2. The Morgan fingerprint density at radius 2 is 1.92 bits per heavy atom. The van der Waals surface area contributed by atoms with E-state index in [-0.39, 0.29) is 11.3 Å². The molecule has 0 aliphatic heterocycles. The molecule has 0 radical (unpaired) electrons. The molecule has 1 aromatic heterocycles. The maximum Gasteiger partial charge on any atom is 0.333 e. The highest BCUT2D eigenvalue weighted by molar-refractivity contribution is 8.00. The van der Waals surface area contributed by atoms with Crippen LogP contribution in [0, 0.1) is 0 Å². The predicted molar refractivity (Wildman–Crippen MR) is 96.5 cm³/mol. The van der Waals surface area contributed by atoms with E-state index >= 15 is 0 Å². The summed E-state index contributed by atoms with van der Waals surface area (Å²) in [6.07, 6.45) is 1.00. The minimum atomic E-state index is -0.714. The van der Waals surface area contributed by atoms with Gasteiger partial charge in [-0.3, -0.25) is 18.7 Å². The normalized spacial score (nSPS) is 11.0. The van der Waals surface area contributed by atoms with Gasteiger partial charge in [-0.2, -0.15) is 5.10 Å². The molecule has 2 aromatic rings. The van der Waals surface area contributed by atoms with Gasteiger partial charge >= 0.3 is 5.69 Å². The van der Waals surface area contributed by atoms with Crippen molar-refractivity contribution in [3.05, 3.63) is 55.7 Å². The largest absolute Gasteiger partial charge is 0.494 e. The summed E-state index contributed by atoms with van der Waals surface area (Å²) >= 11 is 7.07. The van der Waals surface area contributed by atoms with Crippen molar-refractivity contribution in [1.82, 2.24) is 14.6 Å². The zero-order chi connectivity index (χ0) is 18.6. The highest BCUT2D eigenvalue weighted by Crippen LogP contribution is 2.19. The highest BCUT2D eigenvalue weighted by Gasteiger charge is 2.13. The summed E-state index contributed by atoms with van der Waals surface area (Å²) in [5, 5.41) is 14.1. The SMILES string of the molecule is Cn1c(O)c(C=NNC(=O)CSc2ccc(Cl)cc2)c(=O)n(C)c1=O. The summed E-state index contributed by atoms with van der Waals surface area (Å²) in [6, 6.07) is 7.02. The van der Waals surface area contributed by atoms with Gasteiger partial charge in [0.25, 0.3) is 5.56 Å². The molecule has 0 atom stereocenters. The fraction of sp³-hybridized carbons (Fsp3) is 0.200. The number of carbonyl (C=O) groups excluding carboxylic acids is 1. The zero-order valence-electron chi connectivity index (χ0n) is 13.4. The molecule has 0 aliphatic carbocycles. The Morgan fingerprint density at radius 1 is 1.28 bits per heavy atom. The van der Waals surface area contributed by atoms with E-state index in [9.17, 15) is 19.5 Å². The molecule has 1 aromatic carbocycles. The number of nitrogens with one attached hydrogen (secondary N) is 1. The van der Waals surface area contributed by atoms with E-state index in [1.165, 1.54) is 25.9 Å². The molecule has 0 unspecified atom stereocenters. The van der Waals surface area contributed by atoms with Crippen LogP contribution in [0.3, 0.4) is 0 Å². The number of rotatable bonds is 5. The summed E-state index contributed by atoms with van der Waals surface area (Å²) < 4.78 is 1.74. The van der Waals surface area contributed by atoms with Gasteiger partial charge in [-0.05, 0) is 24.3 Å². The van der Waals surface area contributed by atoms with Crippen LogP contribution in [0.15, 0.2) is 43.9 Å². The molecule has 1 amide bonds. The Kier molecular flexibility index (Phi) is 6.05. The zero-order valence-corrected chi connectivity index (χ0v) is 15.0. The van der Waals surface area contributed by atoms with Crippen molar-refractivity contribution in [1.29, 1.82) is 0 Å². The van der Waals surface area contributed by atoms with Gasteiger partial charge in [-0.25, -0.2) is 10.2 Å². The van der Waals surface area contributed by atoms with Gasteiger partial charge in [0.05, 0.1) is 12.0 Å². The van der Waals surface area contributed by atoms with E-state index in [0.717, 1.165) is 20.2 Å². The molecule has 8 nitrogen and oxygen atoms in total. The standard InChI is InChI=1S/C15H15ClN4O4S/c1-19-13(22)11(14(23)20(2)15(19)24)7-17-18-12(21)8-25-10-5-3-9(16)4-6-10/h3-7,22H,8H2,1-2H3,(H,18,21). The number of halogens is 1. The van der Waals surface area contributed by atoms with Crippen molar-refractivity contribution in [3.63, 3.8) is 0 Å². The van der Waals surface area contributed by atoms with Gasteiger partial charge in [0.1, 0.15) is 5.56 Å². The Morgan fingerprint density at radius 3 is 2.56 bits per heavy atom. The summed E-state index contributed by atoms with van der Waals surface area (Å²) in [4.78, 5) is 36.2. The Hall–Kier alpha value is -2.52. The van der Waals surface area contributed by atoms with Crippen molar-refractivity contribution in [2.45, 2.75) is 4.90 Å². The molecule has 1 heterocycles. The first kappa shape index (κ1) is 18.8. The molecule has 0 fully saturated rings. The Balaban J connectivity index is 2.01. The third-order valence-electron chi connectivity index (χ3n) is 3.23. The van der Waals surface area contributed by atoms with Crippen molar-refractivity contribution >= 4 is 35.5 Å². The molecular weight excluding hydrogens is 368 g/mol. The molecular formula is C15H15ClN4O4S. The molecule has 10 heteroatoms. The van der Waals surface area contributed by atoms with E-state index < -0.39 is 23.0 Å². The van der Waals surface area contributed by atoms with Gasteiger partial charge in [0.2, 0.25) is 11.8 Å². The number of hydrogen-bond acceptors (Lipinski definition) is 6. The lowest BCUT2D eigenvalue weighted by Crippen LogP contribution is -2.38. The van der Waals surface area contributed by atoms with Crippen LogP contribution in [-0.4, -0.2) is 32.1 Å². The van der Waals surface area contributed by atoms with Crippen LogP contribution < -0.4 is 16.7 Å². The van der Waals surface area contributed by atoms with E-state index in [4.69, 9.17) is 11.6 Å². The number of amides is 1. The number of carbonyl (C=O) groups is 1. The minimum absolute atomic E-state index is 0.107. The van der Waals surface area contributed by atoms with Crippen LogP contribution in [0.1, 0.15) is 5.56 Å². The first-order valence-electron chi connectivity index (χ1n) is 7.00. The second-order valence-corrected chi connectivity index (χ2v) is 6.46. The van der Waals surface area contributed by atoms with Crippen LogP contribution in [0.25, 0.3) is 0 Å². The maximum atomic E-state index is 11.9. The molecule has 0 bridgehead atoms. The fourth-order valence-corrected chi connectivity index (χ4v) is 2.67. The van der Waals surface area contributed by atoms with Crippen LogP contribution in [0.4, 0.5) is 0 Å². The monoisotopic (exact) mass is 382 g/mol. The van der Waals surface area contributed by atoms with Crippen LogP contribution in [0.5, 0.6) is 5.88 Å². The summed E-state index contributed by atoms with van der Waals surface area (Å²) in [5.41, 5.74) is 0.681. The molecule has 0 saturated heterocycles. The number of aromatic hydroxyl groups is 1. The molecule has 132 valence electrons. The summed E-state index contributed by atoms with van der Waals surface area (Å²) in [7, 11) is 2.60. The average Bonchev–Trinajstić information content (AvgIpc) is 2.60. The summed E-state index contributed by atoms with van der Waals surface area (Å²) in [5.74, 6) is -0.810. The second kappa shape index (κ2) is 8.04. The lowest BCUT2D eigenvalue weighted by Gasteiger charge is -2.07. The number of aromatic nitrogens is 2. The number of benzene rings is 1. The Bertz CT molecular complexity index is 934. The molecule has 2 N–H and O–H groups in total. The molecule has 0 spiro atoms. The fourth-order valence-electron chi connectivity index (χ4n) is 1.85. The molecule has 0 saturated carbocycles. The van der Waals surface area contributed by atoms with Crippen LogP contribution >= 0.6 is 23.4 Å². The second-order valence-electron chi connectivity index (χ2n) is 4.98. The van der Waals surface area contributed by atoms with Gasteiger partial charge in [0, 0.05) is 24.0 Å². The van der Waals surface area contributed by atoms with Gasteiger partial charge < -0.3 is 5.11 Å². The number of thioether (sulfide) groups is 1. The van der Waals surface area contributed by atoms with E-state index in [0.29, 0.717) is 5.02 Å². The molecule has 25 heavy (non-hydrogen) atoms. The lowest BCUT2D eigenvalue weighted by atomic mass is 10.3. The quantitative estimate of drug-likeness (QED) is 0.449. The van der Waals surface area contributed by atoms with Crippen molar-refractivity contribution in [3.8, 4) is 5.88 Å². The average molecular weight is 383 g/mol. The van der Waals surface area contributed by atoms with Gasteiger partial charge in [0.15, 0.2) is 0 Å². The van der Waals surface area contributed by atoms with E-state index in [1.807, 2.05) is 0 Å². The number of nitrogens with zero attached hydrogens (tertiary/aromatic N) is 3. The van der Waals surface area contributed by atoms with E-state index in [1.54, 1.807) is 24.3 Å². The highest BCUT2D eigenvalue weighted by atomic mass is 35.5. The van der Waals surface area contributed by atoms with E-state index in [2.05, 4.69) is 10.5 Å². The maximum absolute atomic E-state index is 11.9. The lowest BCUT2D eigenvalue weighted by molar-refractivity contribution is -0.118. The van der Waals surface area contributed by atoms with Crippen molar-refractivity contribution < 1.29 is 9.90 Å². The third-order valence-corrected chi connectivity index (χ3v) is 4.50. The van der Waals surface area contributed by atoms with Crippen LogP contribution in [-0.2, 0) is 18.9 Å². The predicted octanol–water partition coefficient (Wildman–Crippen LogP) is 0.685. The number of hydrazone groups is 1. The summed E-state index contributed by atoms with van der Waals surface area (Å²) in [6.45, 7) is 0. The Labute approximate surface area is 151 Å². The molecule has 2 rings (SSSR count). The van der Waals surface area contributed by atoms with Gasteiger partial charge in [-0.1, -0.05) is 11.6 Å². The first-order valence-corrected chi connectivity index (χ1v) is 8.37. The van der Waals surface area contributed by atoms with Gasteiger partial charge in [-0.15, -0.1) is 11.8 Å². The van der Waals surface area contributed by atoms with Crippen molar-refractivity contribution in [2.24, 2.45) is 19.2 Å². The topological polar surface area (TPSA) is 106 Å². The minimum Gasteiger partial charge on any atom is -0.494 e. The first-order chi connectivity index (χ1) is 11.8. The molecule has 0 aliphatic rings. The van der Waals surface area contributed by atoms with Crippen LogP contribution in [0.2, 0.25) is 5.02 Å².